The van der Waals surface area contributed by atoms with Crippen LogP contribution in [0.3, 0.4) is 0 Å². The first-order valence-electron chi connectivity index (χ1n) is 8.91. The summed E-state index contributed by atoms with van der Waals surface area (Å²) in [4.78, 5) is 14.4. The first-order valence-corrected chi connectivity index (χ1v) is 10.7. The van der Waals surface area contributed by atoms with E-state index in [-0.39, 0.29) is 17.7 Å². The van der Waals surface area contributed by atoms with Gasteiger partial charge in [-0.05, 0) is 43.0 Å². The monoisotopic (exact) mass is 382 g/mol. The van der Waals surface area contributed by atoms with E-state index in [1.54, 1.807) is 29.2 Å². The zero-order valence-corrected chi connectivity index (χ0v) is 16.1. The van der Waals surface area contributed by atoms with Gasteiger partial charge in [0, 0.05) is 12.6 Å². The number of nitrogens with zero attached hydrogens (tertiary/aromatic N) is 2. The van der Waals surface area contributed by atoms with Crippen molar-refractivity contribution in [3.63, 3.8) is 0 Å². The number of sulfone groups is 1. The number of aryl methyl sites for hydroxylation is 1. The van der Waals surface area contributed by atoms with Gasteiger partial charge < -0.3 is 4.90 Å². The molecule has 1 amide bonds. The van der Waals surface area contributed by atoms with Gasteiger partial charge in [0.2, 0.25) is 5.91 Å². The predicted molar refractivity (Wildman–Crippen MR) is 103 cm³/mol. The number of benzene rings is 2. The average Bonchev–Trinajstić information content (AvgIpc) is 3.44. The SMILES string of the molecule is Cc1cccc(CN(C(=O)CS(=O)(=O)Cc2ccc(C#N)cc2)C2CC2)c1. The van der Waals surface area contributed by atoms with Crippen LogP contribution in [0.25, 0.3) is 0 Å². The van der Waals surface area contributed by atoms with E-state index in [0.717, 1.165) is 24.0 Å². The molecule has 140 valence electrons. The van der Waals surface area contributed by atoms with Crippen molar-refractivity contribution < 1.29 is 13.2 Å². The Morgan fingerprint density at radius 2 is 1.85 bits per heavy atom. The third-order valence-corrected chi connectivity index (χ3v) is 6.02. The second-order valence-electron chi connectivity index (χ2n) is 7.08. The van der Waals surface area contributed by atoms with Gasteiger partial charge in [-0.2, -0.15) is 5.26 Å². The molecule has 5 nitrogen and oxygen atoms in total. The Labute approximate surface area is 160 Å². The molecule has 27 heavy (non-hydrogen) atoms. The largest absolute Gasteiger partial charge is 0.335 e. The van der Waals surface area contributed by atoms with Crippen molar-refractivity contribution in [1.82, 2.24) is 4.90 Å². The van der Waals surface area contributed by atoms with Crippen LogP contribution in [0, 0.1) is 18.3 Å². The van der Waals surface area contributed by atoms with Crippen molar-refractivity contribution in [1.29, 1.82) is 5.26 Å². The van der Waals surface area contributed by atoms with Crippen molar-refractivity contribution in [3.05, 3.63) is 70.8 Å². The Morgan fingerprint density at radius 1 is 1.15 bits per heavy atom. The number of hydrogen-bond acceptors (Lipinski definition) is 4. The van der Waals surface area contributed by atoms with E-state index in [2.05, 4.69) is 0 Å². The molecule has 0 spiro atoms. The number of nitriles is 1. The molecule has 0 bridgehead atoms. The fraction of sp³-hybridized carbons (Fsp3) is 0.333. The Bertz CT molecular complexity index is 971. The van der Waals surface area contributed by atoms with Gasteiger partial charge >= 0.3 is 0 Å². The summed E-state index contributed by atoms with van der Waals surface area (Å²) >= 11 is 0. The first-order chi connectivity index (χ1) is 12.9. The molecular weight excluding hydrogens is 360 g/mol. The van der Waals surface area contributed by atoms with Crippen molar-refractivity contribution in [2.45, 2.75) is 38.1 Å². The van der Waals surface area contributed by atoms with Gasteiger partial charge in [-0.3, -0.25) is 4.79 Å². The molecule has 1 saturated carbocycles. The highest BCUT2D eigenvalue weighted by Crippen LogP contribution is 2.29. The Morgan fingerprint density at radius 3 is 2.44 bits per heavy atom. The molecule has 1 aliphatic carbocycles. The van der Waals surface area contributed by atoms with Crippen LogP contribution < -0.4 is 0 Å². The van der Waals surface area contributed by atoms with Gasteiger partial charge in [0.15, 0.2) is 9.84 Å². The molecule has 1 aliphatic rings. The molecule has 0 aliphatic heterocycles. The summed E-state index contributed by atoms with van der Waals surface area (Å²) in [5, 5.41) is 8.82. The van der Waals surface area contributed by atoms with Crippen LogP contribution in [0.4, 0.5) is 0 Å². The average molecular weight is 382 g/mol. The smallest absolute Gasteiger partial charge is 0.238 e. The summed E-state index contributed by atoms with van der Waals surface area (Å²) in [6.45, 7) is 2.44. The fourth-order valence-electron chi connectivity index (χ4n) is 3.07. The van der Waals surface area contributed by atoms with Crippen molar-refractivity contribution in [2.75, 3.05) is 5.75 Å². The van der Waals surface area contributed by atoms with E-state index in [9.17, 15) is 13.2 Å². The quantitative estimate of drug-likeness (QED) is 0.737. The van der Waals surface area contributed by atoms with Gasteiger partial charge in [0.05, 0.1) is 17.4 Å². The van der Waals surface area contributed by atoms with Gasteiger partial charge in [-0.25, -0.2) is 8.42 Å². The summed E-state index contributed by atoms with van der Waals surface area (Å²) < 4.78 is 25.0. The summed E-state index contributed by atoms with van der Waals surface area (Å²) in [7, 11) is -3.58. The lowest BCUT2D eigenvalue weighted by Crippen LogP contribution is -2.37. The molecular formula is C21H22N2O3S. The molecule has 6 heteroatoms. The molecule has 1 fully saturated rings. The molecule has 2 aromatic carbocycles. The van der Waals surface area contributed by atoms with Crippen molar-refractivity contribution in [3.8, 4) is 6.07 Å². The lowest BCUT2D eigenvalue weighted by molar-refractivity contribution is -0.129. The second-order valence-corrected chi connectivity index (χ2v) is 9.15. The number of amides is 1. The van der Waals surface area contributed by atoms with Gasteiger partial charge in [0.25, 0.3) is 0 Å². The summed E-state index contributed by atoms with van der Waals surface area (Å²) in [6, 6.07) is 16.5. The van der Waals surface area contributed by atoms with E-state index in [1.807, 2.05) is 37.3 Å². The lowest BCUT2D eigenvalue weighted by Gasteiger charge is -2.23. The van der Waals surface area contributed by atoms with Crippen LogP contribution in [0.2, 0.25) is 0 Å². The molecule has 2 aromatic rings. The van der Waals surface area contributed by atoms with E-state index >= 15 is 0 Å². The Balaban J connectivity index is 1.68. The van der Waals surface area contributed by atoms with Crippen LogP contribution in [-0.4, -0.2) is 31.0 Å². The number of carbonyl (C=O) groups is 1. The summed E-state index contributed by atoms with van der Waals surface area (Å²) in [6.07, 6.45) is 1.85. The van der Waals surface area contributed by atoms with Crippen LogP contribution in [0.1, 0.15) is 35.1 Å². The van der Waals surface area contributed by atoms with E-state index in [4.69, 9.17) is 5.26 Å². The maximum Gasteiger partial charge on any atom is 0.238 e. The summed E-state index contributed by atoms with van der Waals surface area (Å²) in [5.74, 6) is -1.03. The van der Waals surface area contributed by atoms with Gasteiger partial charge in [-0.1, -0.05) is 42.0 Å². The highest BCUT2D eigenvalue weighted by molar-refractivity contribution is 7.91. The van der Waals surface area contributed by atoms with Crippen LogP contribution >= 0.6 is 0 Å². The van der Waals surface area contributed by atoms with Crippen LogP contribution in [0.15, 0.2) is 48.5 Å². The maximum atomic E-state index is 12.7. The molecule has 0 aromatic heterocycles. The molecule has 0 atom stereocenters. The Hall–Kier alpha value is -2.65. The third kappa shape index (κ3) is 5.41. The third-order valence-electron chi connectivity index (χ3n) is 4.56. The second kappa shape index (κ2) is 7.93. The highest BCUT2D eigenvalue weighted by atomic mass is 32.2. The zero-order chi connectivity index (χ0) is 19.4. The topological polar surface area (TPSA) is 78.2 Å². The lowest BCUT2D eigenvalue weighted by atomic mass is 10.1. The van der Waals surface area contributed by atoms with Crippen molar-refractivity contribution in [2.24, 2.45) is 0 Å². The minimum Gasteiger partial charge on any atom is -0.335 e. The van der Waals surface area contributed by atoms with Gasteiger partial charge in [-0.15, -0.1) is 0 Å². The molecule has 0 heterocycles. The van der Waals surface area contributed by atoms with Crippen molar-refractivity contribution >= 4 is 15.7 Å². The molecule has 0 saturated heterocycles. The fourth-order valence-corrected chi connectivity index (χ4v) is 4.41. The first kappa shape index (κ1) is 19.1. The number of carbonyl (C=O) groups excluding carboxylic acids is 1. The Kier molecular flexibility index (Phi) is 5.62. The normalized spacial score (nSPS) is 13.8. The minimum absolute atomic E-state index is 0.142. The van der Waals surface area contributed by atoms with Crippen LogP contribution in [-0.2, 0) is 26.9 Å². The van der Waals surface area contributed by atoms with E-state index in [1.165, 1.54) is 0 Å². The minimum atomic E-state index is -3.58. The van der Waals surface area contributed by atoms with E-state index < -0.39 is 15.6 Å². The summed E-state index contributed by atoms with van der Waals surface area (Å²) in [5.41, 5.74) is 3.19. The molecule has 0 radical (unpaired) electrons. The molecule has 0 N–H and O–H groups in total. The maximum absolute atomic E-state index is 12.7. The highest BCUT2D eigenvalue weighted by Gasteiger charge is 2.34. The van der Waals surface area contributed by atoms with Crippen LogP contribution in [0.5, 0.6) is 0 Å². The zero-order valence-electron chi connectivity index (χ0n) is 15.3. The van der Waals surface area contributed by atoms with E-state index in [0.29, 0.717) is 17.7 Å². The molecule has 0 unspecified atom stereocenters. The molecule has 3 rings (SSSR count). The number of rotatable bonds is 7. The predicted octanol–water partition coefficient (Wildman–Crippen LogP) is 2.97. The standard InChI is InChI=1S/C21H22N2O3S/c1-16-3-2-4-19(11-16)13-23(20-9-10-20)21(24)15-27(25,26)14-18-7-5-17(12-22)6-8-18/h2-8,11,20H,9-10,13-15H2,1H3. The number of hydrogen-bond donors (Lipinski definition) is 0. The van der Waals surface area contributed by atoms with Gasteiger partial charge in [0.1, 0.15) is 5.75 Å².